The summed E-state index contributed by atoms with van der Waals surface area (Å²) in [6, 6.07) is 15.7. The maximum absolute atomic E-state index is 12.2. The fourth-order valence-electron chi connectivity index (χ4n) is 2.44. The van der Waals surface area contributed by atoms with Crippen LogP contribution in [0.2, 0.25) is 0 Å². The molecule has 0 spiro atoms. The van der Waals surface area contributed by atoms with Crippen molar-refractivity contribution in [2.45, 2.75) is 12.5 Å². The molecule has 1 heterocycles. The molecule has 2 aromatic rings. The maximum Gasteiger partial charge on any atom is 0.182 e. The van der Waals surface area contributed by atoms with Crippen LogP contribution in [-0.2, 0) is 11.2 Å². The molecule has 3 heteroatoms. The van der Waals surface area contributed by atoms with E-state index in [1.165, 1.54) is 0 Å². The van der Waals surface area contributed by atoms with Crippen LogP contribution in [0.15, 0.2) is 48.5 Å². The second-order valence-electron chi connectivity index (χ2n) is 5.23. The van der Waals surface area contributed by atoms with E-state index >= 15 is 0 Å². The standard InChI is InChI=1S/C17H17NO2/c1-18(2)14-9-7-12(8-10-14)17-15(19)11-13-5-3-4-6-16(13)20-17/h3-10,17H,11H2,1-2H3. The van der Waals surface area contributed by atoms with Gasteiger partial charge in [0.2, 0.25) is 0 Å². The zero-order valence-corrected chi connectivity index (χ0v) is 11.7. The summed E-state index contributed by atoms with van der Waals surface area (Å²) in [6.07, 6.45) is -0.0443. The van der Waals surface area contributed by atoms with Gasteiger partial charge in [0.15, 0.2) is 11.9 Å². The molecule has 0 aliphatic carbocycles. The average Bonchev–Trinajstić information content (AvgIpc) is 2.46. The molecule has 0 amide bonds. The molecule has 3 nitrogen and oxygen atoms in total. The number of hydrogen-bond donors (Lipinski definition) is 0. The van der Waals surface area contributed by atoms with Gasteiger partial charge in [-0.1, -0.05) is 30.3 Å². The van der Waals surface area contributed by atoms with Crippen molar-refractivity contribution in [1.29, 1.82) is 0 Å². The zero-order chi connectivity index (χ0) is 14.1. The average molecular weight is 267 g/mol. The van der Waals surface area contributed by atoms with Crippen LogP contribution in [0.5, 0.6) is 5.75 Å². The van der Waals surface area contributed by atoms with E-state index in [4.69, 9.17) is 4.74 Å². The maximum atomic E-state index is 12.2. The number of hydrogen-bond acceptors (Lipinski definition) is 3. The van der Waals surface area contributed by atoms with Crippen molar-refractivity contribution in [3.05, 3.63) is 59.7 Å². The van der Waals surface area contributed by atoms with Crippen LogP contribution in [0.3, 0.4) is 0 Å². The number of anilines is 1. The summed E-state index contributed by atoms with van der Waals surface area (Å²) in [5.41, 5.74) is 2.99. The normalized spacial score (nSPS) is 17.3. The van der Waals surface area contributed by atoms with Crippen LogP contribution in [0.4, 0.5) is 5.69 Å². The van der Waals surface area contributed by atoms with E-state index in [1.54, 1.807) is 0 Å². The molecule has 3 rings (SSSR count). The first-order valence-corrected chi connectivity index (χ1v) is 6.70. The van der Waals surface area contributed by atoms with E-state index in [2.05, 4.69) is 0 Å². The molecule has 0 saturated carbocycles. The van der Waals surface area contributed by atoms with Crippen LogP contribution in [0.1, 0.15) is 17.2 Å². The SMILES string of the molecule is CN(C)c1ccc(C2Oc3ccccc3CC2=O)cc1. The Bertz CT molecular complexity index is 632. The molecule has 102 valence electrons. The number of rotatable bonds is 2. The van der Waals surface area contributed by atoms with Gasteiger partial charge in [-0.3, -0.25) is 4.79 Å². The third kappa shape index (κ3) is 2.27. The number of ketones is 1. The first-order valence-electron chi connectivity index (χ1n) is 6.70. The molecule has 1 aliphatic heterocycles. The summed E-state index contributed by atoms with van der Waals surface area (Å²) in [5, 5.41) is 0. The first-order chi connectivity index (χ1) is 9.65. The van der Waals surface area contributed by atoms with E-state index in [0.717, 1.165) is 22.6 Å². The minimum atomic E-state index is -0.485. The molecule has 1 aliphatic rings. The van der Waals surface area contributed by atoms with Gasteiger partial charge in [-0.25, -0.2) is 0 Å². The number of carbonyl (C=O) groups is 1. The Morgan fingerprint density at radius 2 is 1.75 bits per heavy atom. The summed E-state index contributed by atoms with van der Waals surface area (Å²) >= 11 is 0. The summed E-state index contributed by atoms with van der Waals surface area (Å²) in [4.78, 5) is 14.3. The summed E-state index contributed by atoms with van der Waals surface area (Å²) in [7, 11) is 3.99. The predicted octanol–water partition coefficient (Wildman–Crippen LogP) is 3.00. The van der Waals surface area contributed by atoms with Crippen molar-refractivity contribution in [2.75, 3.05) is 19.0 Å². The van der Waals surface area contributed by atoms with Crippen molar-refractivity contribution >= 4 is 11.5 Å². The first kappa shape index (κ1) is 12.7. The summed E-state index contributed by atoms with van der Waals surface area (Å²) in [6.45, 7) is 0. The van der Waals surface area contributed by atoms with Gasteiger partial charge in [-0.05, 0) is 18.2 Å². The van der Waals surface area contributed by atoms with Crippen LogP contribution in [0.25, 0.3) is 0 Å². The highest BCUT2D eigenvalue weighted by atomic mass is 16.5. The molecule has 0 fully saturated rings. The molecule has 20 heavy (non-hydrogen) atoms. The topological polar surface area (TPSA) is 29.5 Å². The number of ether oxygens (including phenoxy) is 1. The third-order valence-electron chi connectivity index (χ3n) is 3.59. The summed E-state index contributed by atoms with van der Waals surface area (Å²) < 4.78 is 5.87. The van der Waals surface area contributed by atoms with Gasteiger partial charge < -0.3 is 9.64 Å². The van der Waals surface area contributed by atoms with Crippen molar-refractivity contribution < 1.29 is 9.53 Å². The van der Waals surface area contributed by atoms with Crippen molar-refractivity contribution in [1.82, 2.24) is 0 Å². The Morgan fingerprint density at radius 3 is 2.45 bits per heavy atom. The minimum absolute atomic E-state index is 0.112. The lowest BCUT2D eigenvalue weighted by molar-refractivity contribution is -0.126. The molecule has 2 aromatic carbocycles. The lowest BCUT2D eigenvalue weighted by atomic mass is 9.96. The molecular formula is C17H17NO2. The van der Waals surface area contributed by atoms with Crippen LogP contribution in [0, 0.1) is 0 Å². The monoisotopic (exact) mass is 267 g/mol. The molecule has 0 N–H and O–H groups in total. The number of nitrogens with zero attached hydrogens (tertiary/aromatic N) is 1. The second-order valence-corrected chi connectivity index (χ2v) is 5.23. The minimum Gasteiger partial charge on any atom is -0.478 e. The fraction of sp³-hybridized carbons (Fsp3) is 0.235. The number of Topliss-reactive ketones (excluding diaryl/α,β-unsaturated/α-hetero) is 1. The van der Waals surface area contributed by atoms with Crippen molar-refractivity contribution in [3.63, 3.8) is 0 Å². The lowest BCUT2D eigenvalue weighted by Crippen LogP contribution is -2.25. The van der Waals surface area contributed by atoms with Gasteiger partial charge in [-0.2, -0.15) is 0 Å². The van der Waals surface area contributed by atoms with E-state index < -0.39 is 6.10 Å². The van der Waals surface area contributed by atoms with E-state index in [-0.39, 0.29) is 5.78 Å². The largest absolute Gasteiger partial charge is 0.478 e. The molecule has 1 unspecified atom stereocenters. The predicted molar refractivity (Wildman–Crippen MR) is 79.3 cm³/mol. The van der Waals surface area contributed by atoms with Crippen molar-refractivity contribution in [2.24, 2.45) is 0 Å². The molecule has 1 atom stereocenters. The Kier molecular flexibility index (Phi) is 3.18. The van der Waals surface area contributed by atoms with Gasteiger partial charge in [0.05, 0.1) is 0 Å². The highest BCUT2D eigenvalue weighted by molar-refractivity contribution is 5.88. The van der Waals surface area contributed by atoms with Crippen LogP contribution >= 0.6 is 0 Å². The van der Waals surface area contributed by atoms with E-state index in [1.807, 2.05) is 67.5 Å². The quantitative estimate of drug-likeness (QED) is 0.837. The lowest BCUT2D eigenvalue weighted by Gasteiger charge is -2.25. The molecule has 0 saturated heterocycles. The third-order valence-corrected chi connectivity index (χ3v) is 3.59. The molecular weight excluding hydrogens is 250 g/mol. The Morgan fingerprint density at radius 1 is 1.05 bits per heavy atom. The van der Waals surface area contributed by atoms with Crippen LogP contribution in [-0.4, -0.2) is 19.9 Å². The van der Waals surface area contributed by atoms with Gasteiger partial charge in [0.1, 0.15) is 5.75 Å². The number of carbonyl (C=O) groups excluding carboxylic acids is 1. The van der Waals surface area contributed by atoms with E-state index in [0.29, 0.717) is 6.42 Å². The smallest absolute Gasteiger partial charge is 0.182 e. The molecule has 0 bridgehead atoms. The fourth-order valence-corrected chi connectivity index (χ4v) is 2.44. The van der Waals surface area contributed by atoms with E-state index in [9.17, 15) is 4.79 Å². The van der Waals surface area contributed by atoms with Gasteiger partial charge in [0.25, 0.3) is 0 Å². The highest BCUT2D eigenvalue weighted by Crippen LogP contribution is 2.33. The van der Waals surface area contributed by atoms with Crippen LogP contribution < -0.4 is 9.64 Å². The van der Waals surface area contributed by atoms with Gasteiger partial charge in [0, 0.05) is 37.3 Å². The molecule has 0 aromatic heterocycles. The number of benzene rings is 2. The molecule has 0 radical (unpaired) electrons. The second kappa shape index (κ2) is 5.00. The van der Waals surface area contributed by atoms with Crippen molar-refractivity contribution in [3.8, 4) is 5.75 Å². The van der Waals surface area contributed by atoms with Gasteiger partial charge in [-0.15, -0.1) is 0 Å². The highest BCUT2D eigenvalue weighted by Gasteiger charge is 2.28. The van der Waals surface area contributed by atoms with Gasteiger partial charge >= 0.3 is 0 Å². The zero-order valence-electron chi connectivity index (χ0n) is 11.7. The Labute approximate surface area is 118 Å². The Balaban J connectivity index is 1.89. The Hall–Kier alpha value is -2.29. The number of para-hydroxylation sites is 1. The summed E-state index contributed by atoms with van der Waals surface area (Å²) in [5.74, 6) is 0.926. The number of fused-ring (bicyclic) bond motifs is 1.